The zero-order valence-electron chi connectivity index (χ0n) is 14.9. The van der Waals surface area contributed by atoms with E-state index in [4.69, 9.17) is 0 Å². The number of anilines is 1. The first-order valence-corrected chi connectivity index (χ1v) is 9.79. The van der Waals surface area contributed by atoms with Gasteiger partial charge in [0, 0.05) is 17.3 Å². The lowest BCUT2D eigenvalue weighted by atomic mass is 10.1. The predicted molar refractivity (Wildman–Crippen MR) is 108 cm³/mol. The van der Waals surface area contributed by atoms with Crippen molar-refractivity contribution in [3.63, 3.8) is 0 Å². The van der Waals surface area contributed by atoms with E-state index in [1.807, 2.05) is 25.1 Å². The van der Waals surface area contributed by atoms with Gasteiger partial charge < -0.3 is 5.32 Å². The molecular formula is C20H17N3O4S. The number of amidine groups is 1. The van der Waals surface area contributed by atoms with Crippen LogP contribution in [-0.4, -0.2) is 19.2 Å². The molecule has 0 radical (unpaired) electrons. The maximum Gasteiger partial charge on any atom is 0.291 e. The Balaban J connectivity index is 2.16. The average Bonchev–Trinajstić information content (AvgIpc) is 2.68. The van der Waals surface area contributed by atoms with Crippen molar-refractivity contribution in [1.82, 2.24) is 0 Å². The van der Waals surface area contributed by atoms with Crippen LogP contribution >= 0.6 is 0 Å². The van der Waals surface area contributed by atoms with E-state index in [1.54, 1.807) is 36.4 Å². The largest absolute Gasteiger partial charge is 0.339 e. The van der Waals surface area contributed by atoms with Gasteiger partial charge in [-0.05, 0) is 30.7 Å². The zero-order valence-corrected chi connectivity index (χ0v) is 15.8. The molecule has 0 spiro atoms. The Morgan fingerprint density at radius 1 is 0.929 bits per heavy atom. The zero-order chi connectivity index (χ0) is 20.1. The van der Waals surface area contributed by atoms with Gasteiger partial charge in [0.15, 0.2) is 10.7 Å². The quantitative estimate of drug-likeness (QED) is 0.303. The molecule has 0 aliphatic carbocycles. The number of hydrogen-bond donors (Lipinski definition) is 1. The maximum atomic E-state index is 12.9. The number of aryl methyl sites for hydroxylation is 1. The molecule has 142 valence electrons. The van der Waals surface area contributed by atoms with Gasteiger partial charge in [-0.3, -0.25) is 10.1 Å². The van der Waals surface area contributed by atoms with Crippen LogP contribution in [0.2, 0.25) is 0 Å². The smallest absolute Gasteiger partial charge is 0.291 e. The van der Waals surface area contributed by atoms with E-state index in [1.165, 1.54) is 18.2 Å². The van der Waals surface area contributed by atoms with Crippen molar-refractivity contribution in [2.24, 2.45) is 4.40 Å². The third kappa shape index (κ3) is 4.24. The monoisotopic (exact) mass is 395 g/mol. The molecule has 0 unspecified atom stereocenters. The molecule has 0 saturated carbocycles. The fourth-order valence-corrected chi connectivity index (χ4v) is 3.77. The number of para-hydroxylation sites is 2. The SMILES string of the molecule is Cc1ccccc1C(=NS(=O)(=O)c1ccccc1[N+](=O)[O-])Nc1ccccc1. The summed E-state index contributed by atoms with van der Waals surface area (Å²) >= 11 is 0. The third-order valence-corrected chi connectivity index (χ3v) is 5.31. The predicted octanol–water partition coefficient (Wildman–Crippen LogP) is 4.15. The van der Waals surface area contributed by atoms with Gasteiger partial charge in [0.25, 0.3) is 15.7 Å². The van der Waals surface area contributed by atoms with E-state index < -0.39 is 25.5 Å². The van der Waals surface area contributed by atoms with Crippen molar-refractivity contribution in [3.8, 4) is 0 Å². The molecule has 7 nitrogen and oxygen atoms in total. The number of nitro benzene ring substituents is 1. The summed E-state index contributed by atoms with van der Waals surface area (Å²) in [5.41, 5.74) is 1.51. The van der Waals surface area contributed by atoms with Crippen molar-refractivity contribution in [2.75, 3.05) is 5.32 Å². The lowest BCUT2D eigenvalue weighted by molar-refractivity contribution is -0.387. The number of rotatable bonds is 5. The van der Waals surface area contributed by atoms with Crippen LogP contribution in [0.25, 0.3) is 0 Å². The Hall–Kier alpha value is -3.52. The first-order valence-electron chi connectivity index (χ1n) is 8.35. The number of sulfonamides is 1. The Bertz CT molecular complexity index is 1140. The number of benzene rings is 3. The molecular weight excluding hydrogens is 378 g/mol. The molecule has 3 rings (SSSR count). The van der Waals surface area contributed by atoms with Crippen molar-refractivity contribution < 1.29 is 13.3 Å². The van der Waals surface area contributed by atoms with Gasteiger partial charge in [-0.1, -0.05) is 54.6 Å². The topological polar surface area (TPSA) is 102 Å². The summed E-state index contributed by atoms with van der Waals surface area (Å²) in [6, 6.07) is 21.3. The van der Waals surface area contributed by atoms with Crippen LogP contribution < -0.4 is 5.32 Å². The van der Waals surface area contributed by atoms with Crippen LogP contribution in [0.3, 0.4) is 0 Å². The third-order valence-electron chi connectivity index (χ3n) is 3.99. The Morgan fingerprint density at radius 3 is 2.21 bits per heavy atom. The van der Waals surface area contributed by atoms with Gasteiger partial charge in [-0.2, -0.15) is 8.42 Å². The molecule has 0 bridgehead atoms. The molecule has 0 amide bonds. The number of nitrogens with one attached hydrogen (secondary N) is 1. The van der Waals surface area contributed by atoms with Gasteiger partial charge in [-0.25, -0.2) is 0 Å². The van der Waals surface area contributed by atoms with Crippen LogP contribution in [0.4, 0.5) is 11.4 Å². The van der Waals surface area contributed by atoms with Gasteiger partial charge in [0.05, 0.1) is 4.92 Å². The highest BCUT2D eigenvalue weighted by atomic mass is 32.2. The summed E-state index contributed by atoms with van der Waals surface area (Å²) in [5, 5.41) is 14.3. The first kappa shape index (κ1) is 19.2. The Labute approximate surface area is 162 Å². The van der Waals surface area contributed by atoms with Gasteiger partial charge in [0.1, 0.15) is 0 Å². The molecule has 28 heavy (non-hydrogen) atoms. The van der Waals surface area contributed by atoms with Crippen LogP contribution in [-0.2, 0) is 10.0 Å². The number of nitro groups is 1. The Kier molecular flexibility index (Phi) is 5.51. The minimum atomic E-state index is -4.34. The molecule has 1 N–H and O–H groups in total. The standard InChI is InChI=1S/C20H17N3O4S/c1-15-9-5-6-12-17(15)20(21-16-10-3-2-4-11-16)22-28(26,27)19-14-8-7-13-18(19)23(24)25/h2-14H,1H3,(H,21,22). The molecule has 8 heteroatoms. The summed E-state index contributed by atoms with van der Waals surface area (Å²) in [7, 11) is -4.34. The molecule has 0 saturated heterocycles. The van der Waals surface area contributed by atoms with E-state index in [-0.39, 0.29) is 5.84 Å². The fraction of sp³-hybridized carbons (Fsp3) is 0.0500. The second-order valence-corrected chi connectivity index (χ2v) is 7.52. The molecule has 0 atom stereocenters. The van der Waals surface area contributed by atoms with Crippen LogP contribution in [0.15, 0.2) is 88.2 Å². The van der Waals surface area contributed by atoms with Crippen molar-refractivity contribution >= 4 is 27.2 Å². The molecule has 0 aromatic heterocycles. The van der Waals surface area contributed by atoms with E-state index in [9.17, 15) is 18.5 Å². The summed E-state index contributed by atoms with van der Waals surface area (Å²) in [5.74, 6) is 0.0856. The van der Waals surface area contributed by atoms with Crippen molar-refractivity contribution in [2.45, 2.75) is 11.8 Å². The normalized spacial score (nSPS) is 11.8. The second kappa shape index (κ2) is 8.01. The highest BCUT2D eigenvalue weighted by molar-refractivity contribution is 7.90. The highest BCUT2D eigenvalue weighted by Gasteiger charge is 2.26. The summed E-state index contributed by atoms with van der Waals surface area (Å²) in [6.45, 7) is 1.83. The van der Waals surface area contributed by atoms with E-state index in [0.29, 0.717) is 11.3 Å². The average molecular weight is 395 g/mol. The summed E-state index contributed by atoms with van der Waals surface area (Å²) in [4.78, 5) is 10.1. The van der Waals surface area contributed by atoms with Gasteiger partial charge >= 0.3 is 0 Å². The lowest BCUT2D eigenvalue weighted by Gasteiger charge is -2.12. The minimum Gasteiger partial charge on any atom is -0.339 e. The molecule has 0 heterocycles. The lowest BCUT2D eigenvalue weighted by Crippen LogP contribution is -2.18. The van der Waals surface area contributed by atoms with Gasteiger partial charge in [-0.15, -0.1) is 4.40 Å². The van der Waals surface area contributed by atoms with Gasteiger partial charge in [0.2, 0.25) is 0 Å². The van der Waals surface area contributed by atoms with Crippen molar-refractivity contribution in [1.29, 1.82) is 0 Å². The molecule has 0 fully saturated rings. The maximum absolute atomic E-state index is 12.9. The molecule has 3 aromatic rings. The second-order valence-electron chi connectivity index (χ2n) is 5.95. The molecule has 3 aromatic carbocycles. The van der Waals surface area contributed by atoms with E-state index in [0.717, 1.165) is 11.6 Å². The van der Waals surface area contributed by atoms with Crippen LogP contribution in [0.5, 0.6) is 0 Å². The highest BCUT2D eigenvalue weighted by Crippen LogP contribution is 2.26. The van der Waals surface area contributed by atoms with Crippen LogP contribution in [0, 0.1) is 17.0 Å². The van der Waals surface area contributed by atoms with E-state index in [2.05, 4.69) is 9.71 Å². The Morgan fingerprint density at radius 2 is 1.54 bits per heavy atom. The summed E-state index contributed by atoms with van der Waals surface area (Å²) in [6.07, 6.45) is 0. The van der Waals surface area contributed by atoms with Crippen molar-refractivity contribution in [3.05, 3.63) is 100 Å². The summed E-state index contributed by atoms with van der Waals surface area (Å²) < 4.78 is 29.7. The number of hydrogen-bond acceptors (Lipinski definition) is 4. The van der Waals surface area contributed by atoms with Crippen LogP contribution in [0.1, 0.15) is 11.1 Å². The van der Waals surface area contributed by atoms with E-state index >= 15 is 0 Å². The molecule has 0 aliphatic heterocycles. The minimum absolute atomic E-state index is 0.0856. The molecule has 0 aliphatic rings. The number of nitrogens with zero attached hydrogens (tertiary/aromatic N) is 2. The first-order chi connectivity index (χ1) is 13.4. The fourth-order valence-electron chi connectivity index (χ4n) is 2.63.